The van der Waals surface area contributed by atoms with E-state index in [9.17, 15) is 19.8 Å². The Bertz CT molecular complexity index is 503. The number of carbonyl (C=O) groups is 2. The number of nitrogens with one attached hydrogen (secondary N) is 1. The topological polar surface area (TPSA) is 95.9 Å². The quantitative estimate of drug-likeness (QED) is 0.557. The van der Waals surface area contributed by atoms with Crippen molar-refractivity contribution in [1.29, 1.82) is 0 Å². The molecule has 3 atom stereocenters. The Morgan fingerprint density at radius 3 is 2.42 bits per heavy atom. The van der Waals surface area contributed by atoms with Gasteiger partial charge in [-0.25, -0.2) is 4.79 Å². The lowest BCUT2D eigenvalue weighted by Crippen LogP contribution is -2.48. The molecule has 0 aliphatic heterocycles. The van der Waals surface area contributed by atoms with Crippen LogP contribution in [0.5, 0.6) is 0 Å². The number of hydrogen-bond acceptors (Lipinski definition) is 5. The molecule has 0 aromatic heterocycles. The van der Waals surface area contributed by atoms with Gasteiger partial charge < -0.3 is 20.3 Å². The van der Waals surface area contributed by atoms with Crippen molar-refractivity contribution >= 4 is 11.9 Å². The van der Waals surface area contributed by atoms with E-state index in [2.05, 4.69) is 5.32 Å². The fraction of sp³-hybridized carbons (Fsp3) is 0.556. The molecule has 0 spiro atoms. The number of rotatable bonds is 10. The number of ether oxygens (including phenoxy) is 1. The molecule has 6 nitrogen and oxygen atoms in total. The van der Waals surface area contributed by atoms with Gasteiger partial charge in [-0.15, -0.1) is 0 Å². The minimum Gasteiger partial charge on any atom is -0.461 e. The van der Waals surface area contributed by atoms with Crippen LogP contribution in [0.15, 0.2) is 30.3 Å². The standard InChI is InChI=1S/C18H27NO5/c1-3-7-15(11-10-14-8-5-4-6-9-14)24-18(23)16(12-20)19-17(22)13(2)21/h4-6,8-9,13,15-16,20-21H,3,7,10-12H2,1-2H3,(H,19,22)/t13?,15-,16?/m1/s1. The highest BCUT2D eigenvalue weighted by atomic mass is 16.5. The molecule has 1 amide bonds. The maximum atomic E-state index is 12.2. The smallest absolute Gasteiger partial charge is 0.331 e. The Morgan fingerprint density at radius 1 is 1.21 bits per heavy atom. The van der Waals surface area contributed by atoms with Crippen LogP contribution in [-0.4, -0.2) is 46.9 Å². The molecule has 2 unspecified atom stereocenters. The summed E-state index contributed by atoms with van der Waals surface area (Å²) >= 11 is 0. The van der Waals surface area contributed by atoms with Crippen LogP contribution in [0.2, 0.25) is 0 Å². The summed E-state index contributed by atoms with van der Waals surface area (Å²) in [6.07, 6.45) is 1.49. The second-order valence-corrected chi connectivity index (χ2v) is 5.79. The summed E-state index contributed by atoms with van der Waals surface area (Å²) in [6.45, 7) is 2.71. The molecule has 0 heterocycles. The average Bonchev–Trinajstić information content (AvgIpc) is 2.58. The number of aliphatic hydroxyl groups is 2. The Morgan fingerprint density at radius 2 is 1.88 bits per heavy atom. The number of benzene rings is 1. The third-order valence-electron chi connectivity index (χ3n) is 3.65. The van der Waals surface area contributed by atoms with E-state index in [0.717, 1.165) is 18.4 Å². The molecule has 0 bridgehead atoms. The van der Waals surface area contributed by atoms with Crippen LogP contribution >= 0.6 is 0 Å². The zero-order chi connectivity index (χ0) is 17.9. The molecule has 0 aliphatic rings. The maximum Gasteiger partial charge on any atom is 0.331 e. The second-order valence-electron chi connectivity index (χ2n) is 5.79. The molecule has 6 heteroatoms. The molecule has 0 aliphatic carbocycles. The molecule has 0 fully saturated rings. The lowest BCUT2D eigenvalue weighted by atomic mass is 10.0. The number of aryl methyl sites for hydroxylation is 1. The molecule has 0 saturated heterocycles. The van der Waals surface area contributed by atoms with Gasteiger partial charge in [0.15, 0.2) is 6.04 Å². The third-order valence-corrected chi connectivity index (χ3v) is 3.65. The molecule has 3 N–H and O–H groups in total. The molecular weight excluding hydrogens is 310 g/mol. The normalized spacial score (nSPS) is 14.5. The summed E-state index contributed by atoms with van der Waals surface area (Å²) in [5.74, 6) is -1.40. The predicted octanol–water partition coefficient (Wildman–Crippen LogP) is 1.19. The van der Waals surface area contributed by atoms with Gasteiger partial charge in [0.25, 0.3) is 0 Å². The van der Waals surface area contributed by atoms with Gasteiger partial charge in [0.05, 0.1) is 6.61 Å². The predicted molar refractivity (Wildman–Crippen MR) is 90.2 cm³/mol. The van der Waals surface area contributed by atoms with E-state index >= 15 is 0 Å². The van der Waals surface area contributed by atoms with Crippen molar-refractivity contribution in [3.05, 3.63) is 35.9 Å². The van der Waals surface area contributed by atoms with Crippen molar-refractivity contribution in [2.24, 2.45) is 0 Å². The fourth-order valence-corrected chi connectivity index (χ4v) is 2.27. The number of esters is 1. The lowest BCUT2D eigenvalue weighted by Gasteiger charge is -2.22. The first-order valence-electron chi connectivity index (χ1n) is 8.31. The van der Waals surface area contributed by atoms with Crippen molar-refractivity contribution in [1.82, 2.24) is 5.32 Å². The maximum absolute atomic E-state index is 12.2. The second kappa shape index (κ2) is 10.8. The Hall–Kier alpha value is -1.92. The van der Waals surface area contributed by atoms with Crippen LogP contribution in [0.25, 0.3) is 0 Å². The molecule has 0 radical (unpaired) electrons. The number of amides is 1. The van der Waals surface area contributed by atoms with E-state index in [0.29, 0.717) is 12.8 Å². The lowest BCUT2D eigenvalue weighted by molar-refractivity contribution is -0.155. The van der Waals surface area contributed by atoms with E-state index < -0.39 is 30.6 Å². The molecule has 0 saturated carbocycles. The van der Waals surface area contributed by atoms with Crippen LogP contribution in [0.4, 0.5) is 0 Å². The first-order chi connectivity index (χ1) is 11.5. The Labute approximate surface area is 142 Å². The van der Waals surface area contributed by atoms with Crippen molar-refractivity contribution < 1.29 is 24.5 Å². The van der Waals surface area contributed by atoms with E-state index in [1.807, 2.05) is 37.3 Å². The van der Waals surface area contributed by atoms with E-state index in [-0.39, 0.29) is 6.10 Å². The fourth-order valence-electron chi connectivity index (χ4n) is 2.27. The van der Waals surface area contributed by atoms with Gasteiger partial charge in [0.1, 0.15) is 12.2 Å². The van der Waals surface area contributed by atoms with Crippen molar-refractivity contribution in [2.45, 2.75) is 57.8 Å². The van der Waals surface area contributed by atoms with Gasteiger partial charge in [-0.05, 0) is 31.7 Å². The van der Waals surface area contributed by atoms with Gasteiger partial charge in [-0.2, -0.15) is 0 Å². The largest absolute Gasteiger partial charge is 0.461 e. The zero-order valence-corrected chi connectivity index (χ0v) is 14.3. The van der Waals surface area contributed by atoms with E-state index in [1.165, 1.54) is 6.92 Å². The molecule has 1 aromatic carbocycles. The number of aliphatic hydroxyl groups excluding tert-OH is 2. The van der Waals surface area contributed by atoms with Gasteiger partial charge in [-0.1, -0.05) is 43.7 Å². The highest BCUT2D eigenvalue weighted by Gasteiger charge is 2.25. The third kappa shape index (κ3) is 7.10. The monoisotopic (exact) mass is 337 g/mol. The van der Waals surface area contributed by atoms with Gasteiger partial charge >= 0.3 is 5.97 Å². The van der Waals surface area contributed by atoms with Crippen molar-refractivity contribution in [2.75, 3.05) is 6.61 Å². The summed E-state index contributed by atoms with van der Waals surface area (Å²) in [6, 6.07) is 8.74. The van der Waals surface area contributed by atoms with Crippen LogP contribution in [0, 0.1) is 0 Å². The van der Waals surface area contributed by atoms with Gasteiger partial charge in [-0.3, -0.25) is 4.79 Å². The van der Waals surface area contributed by atoms with Gasteiger partial charge in [0, 0.05) is 0 Å². The minimum atomic E-state index is -1.25. The van der Waals surface area contributed by atoms with Crippen LogP contribution < -0.4 is 5.32 Å². The SMILES string of the molecule is CCC[C@H](CCc1ccccc1)OC(=O)C(CO)NC(=O)C(C)O. The summed E-state index contributed by atoms with van der Waals surface area (Å²) < 4.78 is 5.45. The van der Waals surface area contributed by atoms with E-state index in [4.69, 9.17) is 4.74 Å². The summed E-state index contributed by atoms with van der Waals surface area (Å²) in [5.41, 5.74) is 1.16. The van der Waals surface area contributed by atoms with Crippen molar-refractivity contribution in [3.8, 4) is 0 Å². The molecule has 1 aromatic rings. The molecular formula is C18H27NO5. The first kappa shape index (κ1) is 20.1. The summed E-state index contributed by atoms with van der Waals surface area (Å²) in [7, 11) is 0. The molecule has 1 rings (SSSR count). The summed E-state index contributed by atoms with van der Waals surface area (Å²) in [4.78, 5) is 23.6. The highest BCUT2D eigenvalue weighted by Crippen LogP contribution is 2.13. The molecule has 134 valence electrons. The number of carbonyl (C=O) groups excluding carboxylic acids is 2. The highest BCUT2D eigenvalue weighted by molar-refractivity contribution is 5.86. The Kier molecular flexibility index (Phi) is 9.04. The van der Waals surface area contributed by atoms with Crippen LogP contribution in [-0.2, 0) is 20.7 Å². The zero-order valence-electron chi connectivity index (χ0n) is 14.3. The minimum absolute atomic E-state index is 0.278. The first-order valence-corrected chi connectivity index (χ1v) is 8.31. The van der Waals surface area contributed by atoms with E-state index in [1.54, 1.807) is 0 Å². The number of hydrogen-bond donors (Lipinski definition) is 3. The van der Waals surface area contributed by atoms with Crippen molar-refractivity contribution in [3.63, 3.8) is 0 Å². The average molecular weight is 337 g/mol. The van der Waals surface area contributed by atoms with Crippen LogP contribution in [0.3, 0.4) is 0 Å². The summed E-state index contributed by atoms with van der Waals surface area (Å²) in [5, 5.41) is 20.7. The van der Waals surface area contributed by atoms with Crippen LogP contribution in [0.1, 0.15) is 38.7 Å². The molecule has 24 heavy (non-hydrogen) atoms. The Balaban J connectivity index is 2.58. The van der Waals surface area contributed by atoms with Gasteiger partial charge in [0.2, 0.25) is 5.91 Å².